The van der Waals surface area contributed by atoms with Gasteiger partial charge in [-0.2, -0.15) is 8.78 Å². The van der Waals surface area contributed by atoms with Crippen molar-refractivity contribution in [1.82, 2.24) is 5.32 Å². The molecule has 3 nitrogen and oxygen atoms in total. The van der Waals surface area contributed by atoms with Crippen molar-refractivity contribution < 1.29 is 18.3 Å². The van der Waals surface area contributed by atoms with Crippen LogP contribution in [0.1, 0.15) is 20.8 Å². The van der Waals surface area contributed by atoms with Gasteiger partial charge in [0.25, 0.3) is 5.91 Å². The summed E-state index contributed by atoms with van der Waals surface area (Å²) in [5.74, 6) is 0.737. The Kier molecular flexibility index (Phi) is 6.84. The summed E-state index contributed by atoms with van der Waals surface area (Å²) < 4.78 is 28.7. The van der Waals surface area contributed by atoms with Crippen molar-refractivity contribution in [2.24, 2.45) is 0 Å². The average Bonchev–Trinajstić information content (AvgIpc) is 3.19. The number of thioether (sulfide) groups is 1. The molecule has 0 aliphatic rings. The number of alkyl halides is 2. The van der Waals surface area contributed by atoms with Crippen molar-refractivity contribution in [3.8, 4) is 5.75 Å². The highest BCUT2D eigenvalue weighted by atomic mass is 32.2. The summed E-state index contributed by atoms with van der Waals surface area (Å²) in [6.45, 7) is -2.55. The first kappa shape index (κ1) is 19.4. The number of carbonyl (C=O) groups is 1. The highest BCUT2D eigenvalue weighted by Crippen LogP contribution is 2.28. The summed E-state index contributed by atoms with van der Waals surface area (Å²) in [5, 5.41) is 4.90. The zero-order valence-corrected chi connectivity index (χ0v) is 15.9. The number of rotatable bonds is 8. The third kappa shape index (κ3) is 5.80. The molecule has 0 aliphatic carbocycles. The van der Waals surface area contributed by atoms with E-state index < -0.39 is 6.61 Å². The van der Waals surface area contributed by atoms with E-state index in [1.165, 1.54) is 17.0 Å². The molecule has 1 aromatic heterocycles. The lowest BCUT2D eigenvalue weighted by molar-refractivity contribution is -0.0498. The van der Waals surface area contributed by atoms with Crippen LogP contribution in [0, 0.1) is 0 Å². The number of halogens is 2. The van der Waals surface area contributed by atoms with Gasteiger partial charge >= 0.3 is 6.61 Å². The molecule has 0 unspecified atom stereocenters. The topological polar surface area (TPSA) is 38.3 Å². The molecule has 1 amide bonds. The number of carbonyl (C=O) groups excluding carboxylic acids is 1. The maximum atomic E-state index is 12.6. The molecular formula is C20H17F2NO2S2. The number of ether oxygens (including phenoxy) is 1. The van der Waals surface area contributed by atoms with E-state index in [2.05, 4.69) is 16.1 Å². The van der Waals surface area contributed by atoms with Crippen LogP contribution in [0.3, 0.4) is 0 Å². The highest BCUT2D eigenvalue weighted by Gasteiger charge is 2.12. The molecule has 27 heavy (non-hydrogen) atoms. The van der Waals surface area contributed by atoms with E-state index in [1.54, 1.807) is 41.3 Å². The zero-order valence-electron chi connectivity index (χ0n) is 14.2. The minimum absolute atomic E-state index is 0.0930. The van der Waals surface area contributed by atoms with Gasteiger partial charge in [0.2, 0.25) is 0 Å². The molecule has 0 fully saturated rings. The molecule has 140 valence electrons. The summed E-state index contributed by atoms with van der Waals surface area (Å²) in [5.41, 5.74) is 1.42. The number of nitrogens with one attached hydrogen (secondary N) is 1. The van der Waals surface area contributed by atoms with Crippen LogP contribution in [0.4, 0.5) is 8.78 Å². The Morgan fingerprint density at radius 1 is 1.07 bits per heavy atom. The highest BCUT2D eigenvalue weighted by molar-refractivity contribution is 7.98. The minimum atomic E-state index is -2.85. The van der Waals surface area contributed by atoms with Gasteiger partial charge in [0.15, 0.2) is 0 Å². The Bertz CT molecular complexity index is 868. The summed E-state index contributed by atoms with van der Waals surface area (Å²) in [7, 11) is 0. The van der Waals surface area contributed by atoms with Crippen LogP contribution in [-0.4, -0.2) is 12.5 Å². The predicted octanol–water partition coefficient (Wildman–Crippen LogP) is 5.57. The van der Waals surface area contributed by atoms with Gasteiger partial charge in [0, 0.05) is 22.1 Å². The summed E-state index contributed by atoms with van der Waals surface area (Å²) in [6.07, 6.45) is 0. The van der Waals surface area contributed by atoms with Crippen molar-refractivity contribution in [2.45, 2.75) is 23.8 Å². The van der Waals surface area contributed by atoms with Gasteiger partial charge in [-0.3, -0.25) is 4.79 Å². The van der Waals surface area contributed by atoms with Gasteiger partial charge < -0.3 is 10.1 Å². The van der Waals surface area contributed by atoms with Gasteiger partial charge in [-0.1, -0.05) is 30.3 Å². The summed E-state index contributed by atoms with van der Waals surface area (Å²) in [6, 6.07) is 17.8. The number of hydrogen-bond acceptors (Lipinski definition) is 4. The standard InChI is InChI=1S/C20H17F2NO2S2/c21-20(22)25-15-9-7-14(8-10-15)12-23-19(24)17-5-1-2-6-18(17)27-13-16-4-3-11-26-16/h1-11,20H,12-13H2,(H,23,24). The normalized spacial score (nSPS) is 10.8. The SMILES string of the molecule is O=C(NCc1ccc(OC(F)F)cc1)c1ccccc1SCc1cccs1. The van der Waals surface area contributed by atoms with Crippen LogP contribution in [0.15, 0.2) is 70.9 Å². The van der Waals surface area contributed by atoms with E-state index in [9.17, 15) is 13.6 Å². The fraction of sp³-hybridized carbons (Fsp3) is 0.150. The van der Waals surface area contributed by atoms with Crippen molar-refractivity contribution in [3.05, 3.63) is 82.0 Å². The Hall–Kier alpha value is -2.38. The quantitative estimate of drug-likeness (QED) is 0.498. The number of amides is 1. The Morgan fingerprint density at radius 3 is 2.56 bits per heavy atom. The van der Waals surface area contributed by atoms with Crippen molar-refractivity contribution in [1.29, 1.82) is 0 Å². The maximum Gasteiger partial charge on any atom is 0.387 e. The summed E-state index contributed by atoms with van der Waals surface area (Å²) >= 11 is 3.31. The van der Waals surface area contributed by atoms with Gasteiger partial charge in [0.05, 0.1) is 5.56 Å². The molecule has 2 aromatic carbocycles. The van der Waals surface area contributed by atoms with E-state index >= 15 is 0 Å². The summed E-state index contributed by atoms with van der Waals surface area (Å²) in [4.78, 5) is 14.7. The van der Waals surface area contributed by atoms with Crippen LogP contribution in [-0.2, 0) is 12.3 Å². The Balaban J connectivity index is 1.59. The van der Waals surface area contributed by atoms with E-state index in [-0.39, 0.29) is 11.7 Å². The predicted molar refractivity (Wildman–Crippen MR) is 105 cm³/mol. The first-order chi connectivity index (χ1) is 13.1. The number of benzene rings is 2. The van der Waals surface area contributed by atoms with Crippen LogP contribution in [0.25, 0.3) is 0 Å². The Labute approximate surface area is 164 Å². The van der Waals surface area contributed by atoms with Crippen LogP contribution < -0.4 is 10.1 Å². The van der Waals surface area contributed by atoms with Crippen molar-refractivity contribution in [2.75, 3.05) is 0 Å². The molecule has 1 heterocycles. The second-order valence-electron chi connectivity index (χ2n) is 5.57. The smallest absolute Gasteiger partial charge is 0.387 e. The fourth-order valence-electron chi connectivity index (χ4n) is 2.39. The zero-order chi connectivity index (χ0) is 19.1. The van der Waals surface area contributed by atoms with Gasteiger partial charge in [-0.05, 0) is 41.3 Å². The van der Waals surface area contributed by atoms with Gasteiger partial charge in [-0.15, -0.1) is 23.1 Å². The average molecular weight is 405 g/mol. The monoisotopic (exact) mass is 405 g/mol. The van der Waals surface area contributed by atoms with Crippen molar-refractivity contribution in [3.63, 3.8) is 0 Å². The van der Waals surface area contributed by atoms with Gasteiger partial charge in [-0.25, -0.2) is 0 Å². The van der Waals surface area contributed by atoms with E-state index in [1.807, 2.05) is 29.6 Å². The van der Waals surface area contributed by atoms with Crippen LogP contribution >= 0.6 is 23.1 Å². The first-order valence-corrected chi connectivity index (χ1v) is 10.0. The molecule has 0 saturated heterocycles. The lowest BCUT2D eigenvalue weighted by Crippen LogP contribution is -2.23. The second-order valence-corrected chi connectivity index (χ2v) is 7.62. The van der Waals surface area contributed by atoms with E-state index in [4.69, 9.17) is 0 Å². The molecule has 0 saturated carbocycles. The minimum Gasteiger partial charge on any atom is -0.435 e. The molecule has 0 spiro atoms. The third-order valence-electron chi connectivity index (χ3n) is 3.68. The number of hydrogen-bond donors (Lipinski definition) is 1. The molecule has 3 rings (SSSR count). The van der Waals surface area contributed by atoms with Crippen LogP contribution in [0.2, 0.25) is 0 Å². The molecule has 0 atom stereocenters. The van der Waals surface area contributed by atoms with Crippen LogP contribution in [0.5, 0.6) is 5.75 Å². The van der Waals surface area contributed by atoms with E-state index in [0.717, 1.165) is 16.2 Å². The maximum absolute atomic E-state index is 12.6. The molecule has 7 heteroatoms. The largest absolute Gasteiger partial charge is 0.435 e. The first-order valence-electron chi connectivity index (χ1n) is 8.18. The second kappa shape index (κ2) is 9.53. The molecule has 0 radical (unpaired) electrons. The molecule has 1 N–H and O–H groups in total. The third-order valence-corrected chi connectivity index (χ3v) is 5.86. The molecular weight excluding hydrogens is 388 g/mol. The fourth-order valence-corrected chi connectivity index (χ4v) is 4.21. The molecule has 0 bridgehead atoms. The van der Waals surface area contributed by atoms with Crippen molar-refractivity contribution >= 4 is 29.0 Å². The number of thiophene rings is 1. The molecule has 3 aromatic rings. The Morgan fingerprint density at radius 2 is 1.85 bits per heavy atom. The van der Waals surface area contributed by atoms with Gasteiger partial charge in [0.1, 0.15) is 5.75 Å². The molecule has 0 aliphatic heterocycles. The lowest BCUT2D eigenvalue weighted by Gasteiger charge is -2.10. The van der Waals surface area contributed by atoms with E-state index in [0.29, 0.717) is 12.1 Å². The lowest BCUT2D eigenvalue weighted by atomic mass is 10.2.